The molecule has 5 nitrogen and oxygen atoms in total. The summed E-state index contributed by atoms with van der Waals surface area (Å²) in [6, 6.07) is 20.7. The van der Waals surface area contributed by atoms with Crippen LogP contribution in [-0.2, 0) is 0 Å². The number of hydrogen-bond donors (Lipinski definition) is 2. The van der Waals surface area contributed by atoms with Crippen LogP contribution < -0.4 is 9.47 Å². The summed E-state index contributed by atoms with van der Waals surface area (Å²) in [6.45, 7) is 4.17. The Kier molecular flexibility index (Phi) is 6.72. The summed E-state index contributed by atoms with van der Waals surface area (Å²) >= 11 is 1.67. The molecule has 0 bridgehead atoms. The second-order valence-corrected chi connectivity index (χ2v) is 11.5. The van der Waals surface area contributed by atoms with Crippen molar-refractivity contribution in [1.82, 2.24) is 4.90 Å². The predicted octanol–water partition coefficient (Wildman–Crippen LogP) is 6.57. The van der Waals surface area contributed by atoms with Gasteiger partial charge in [0.2, 0.25) is 0 Å². The zero-order valence-electron chi connectivity index (χ0n) is 20.4. The fourth-order valence-electron chi connectivity index (χ4n) is 5.96. The molecule has 4 unspecified atom stereocenters. The average Bonchev–Trinajstić information content (AvgIpc) is 3.32. The molecule has 188 valence electrons. The van der Waals surface area contributed by atoms with Crippen LogP contribution in [0.25, 0.3) is 0 Å². The smallest absolute Gasteiger partial charge is 0.140 e. The van der Waals surface area contributed by atoms with Crippen molar-refractivity contribution < 1.29 is 19.7 Å². The van der Waals surface area contributed by atoms with Gasteiger partial charge in [-0.15, -0.1) is 11.8 Å². The predicted molar refractivity (Wildman–Crippen MR) is 142 cm³/mol. The molecule has 6 heteroatoms. The van der Waals surface area contributed by atoms with Gasteiger partial charge in [-0.2, -0.15) is 0 Å². The maximum absolute atomic E-state index is 9.97. The van der Waals surface area contributed by atoms with Crippen LogP contribution >= 0.6 is 11.8 Å². The molecule has 0 aromatic heterocycles. The Morgan fingerprint density at radius 3 is 2.22 bits per heavy atom. The van der Waals surface area contributed by atoms with E-state index < -0.39 is 0 Å². The van der Waals surface area contributed by atoms with Crippen LogP contribution in [0.1, 0.15) is 48.2 Å². The zero-order valence-corrected chi connectivity index (χ0v) is 21.2. The van der Waals surface area contributed by atoms with Crippen molar-refractivity contribution in [2.45, 2.75) is 41.9 Å². The maximum atomic E-state index is 9.97. The summed E-state index contributed by atoms with van der Waals surface area (Å²) < 4.78 is 12.6. The molecule has 0 radical (unpaired) electrons. The van der Waals surface area contributed by atoms with E-state index in [2.05, 4.69) is 17.0 Å². The van der Waals surface area contributed by atoms with Gasteiger partial charge in [0.15, 0.2) is 0 Å². The fourth-order valence-corrected chi connectivity index (χ4v) is 7.29. The third-order valence-electron chi connectivity index (χ3n) is 7.87. The van der Waals surface area contributed by atoms with E-state index in [1.54, 1.807) is 36.0 Å². The van der Waals surface area contributed by atoms with Gasteiger partial charge >= 0.3 is 0 Å². The van der Waals surface area contributed by atoms with E-state index in [1.165, 1.54) is 38.8 Å². The van der Waals surface area contributed by atoms with Gasteiger partial charge in [-0.3, -0.25) is 4.90 Å². The second-order valence-electron chi connectivity index (χ2n) is 10.3. The van der Waals surface area contributed by atoms with Crippen molar-refractivity contribution in [3.63, 3.8) is 0 Å². The Morgan fingerprint density at radius 1 is 0.833 bits per heavy atom. The summed E-state index contributed by atoms with van der Waals surface area (Å²) in [5, 5.41) is 19.7. The number of phenols is 2. The fraction of sp³-hybridized carbons (Fsp3) is 0.400. The van der Waals surface area contributed by atoms with Gasteiger partial charge in [0.25, 0.3) is 0 Å². The van der Waals surface area contributed by atoms with Gasteiger partial charge in [-0.25, -0.2) is 0 Å². The standard InChI is InChI=1S/C30H33NO4S/c32-24-9-5-21(6-10-24)30-29(35-27-14-11-25(33)17-28(27)36-30)20-7-12-26(13-8-20)34-16-15-31-18-22-3-1-2-4-23(22)19-31/h5-14,17,22-23,29-30,32-33H,1-4,15-16,18-19H2. The summed E-state index contributed by atoms with van der Waals surface area (Å²) in [7, 11) is 0. The molecule has 2 N–H and O–H groups in total. The van der Waals surface area contributed by atoms with E-state index in [0.717, 1.165) is 45.9 Å². The summed E-state index contributed by atoms with van der Waals surface area (Å²) in [5.41, 5.74) is 2.12. The average molecular weight is 504 g/mol. The number of hydrogen-bond acceptors (Lipinski definition) is 6. The summed E-state index contributed by atoms with van der Waals surface area (Å²) in [4.78, 5) is 3.49. The first-order chi connectivity index (χ1) is 17.6. The Labute approximate surface area is 217 Å². The van der Waals surface area contributed by atoms with Crippen molar-refractivity contribution in [2.24, 2.45) is 11.8 Å². The molecular formula is C30H33NO4S. The number of benzene rings is 3. The summed E-state index contributed by atoms with van der Waals surface area (Å²) in [5.74, 6) is 3.92. The lowest BCUT2D eigenvalue weighted by atomic mass is 9.82. The number of nitrogens with zero attached hydrogens (tertiary/aromatic N) is 1. The summed E-state index contributed by atoms with van der Waals surface area (Å²) in [6.07, 6.45) is 5.41. The maximum Gasteiger partial charge on any atom is 0.140 e. The number of fused-ring (bicyclic) bond motifs is 2. The zero-order chi connectivity index (χ0) is 24.5. The molecule has 2 aliphatic heterocycles. The molecule has 1 saturated heterocycles. The van der Waals surface area contributed by atoms with Crippen molar-refractivity contribution in [3.05, 3.63) is 77.9 Å². The molecule has 36 heavy (non-hydrogen) atoms. The Hall–Kier alpha value is -2.83. The van der Waals surface area contributed by atoms with Crippen LogP contribution in [0.4, 0.5) is 0 Å². The normalized spacial score (nSPS) is 25.6. The molecule has 6 rings (SSSR count). The van der Waals surface area contributed by atoms with Crippen LogP contribution in [-0.4, -0.2) is 41.4 Å². The van der Waals surface area contributed by atoms with Gasteiger partial charge in [0.05, 0.1) is 10.1 Å². The first kappa shape index (κ1) is 23.6. The van der Waals surface area contributed by atoms with Gasteiger partial charge in [-0.05, 0) is 78.3 Å². The molecule has 3 aromatic carbocycles. The highest BCUT2D eigenvalue weighted by atomic mass is 32.2. The molecule has 4 atom stereocenters. The number of aromatic hydroxyl groups is 2. The first-order valence-corrected chi connectivity index (χ1v) is 13.9. The molecule has 1 aliphatic carbocycles. The quantitative estimate of drug-likeness (QED) is 0.397. The van der Waals surface area contributed by atoms with Crippen LogP contribution in [0.5, 0.6) is 23.0 Å². The first-order valence-electron chi connectivity index (χ1n) is 13.0. The third kappa shape index (κ3) is 5.02. The largest absolute Gasteiger partial charge is 0.508 e. The van der Waals surface area contributed by atoms with E-state index in [0.29, 0.717) is 6.61 Å². The molecule has 0 amide bonds. The minimum absolute atomic E-state index is 0.0228. The van der Waals surface area contributed by atoms with Crippen LogP contribution in [0.15, 0.2) is 71.6 Å². The Morgan fingerprint density at radius 2 is 1.50 bits per heavy atom. The minimum atomic E-state index is -0.210. The molecule has 2 heterocycles. The highest BCUT2D eigenvalue weighted by molar-refractivity contribution is 7.99. The number of thioether (sulfide) groups is 1. The van der Waals surface area contributed by atoms with E-state index in [-0.39, 0.29) is 22.9 Å². The SMILES string of the molecule is Oc1ccc(C2Sc3cc(O)ccc3OC2c2ccc(OCCN3CC4CCCCC4C3)cc2)cc1. The minimum Gasteiger partial charge on any atom is -0.508 e. The van der Waals surface area contributed by atoms with E-state index in [4.69, 9.17) is 9.47 Å². The van der Waals surface area contributed by atoms with Crippen LogP contribution in [0.3, 0.4) is 0 Å². The Bertz CT molecular complexity index is 1170. The highest BCUT2D eigenvalue weighted by Crippen LogP contribution is 2.54. The third-order valence-corrected chi connectivity index (χ3v) is 9.21. The van der Waals surface area contributed by atoms with Gasteiger partial charge in [0.1, 0.15) is 35.7 Å². The number of rotatable bonds is 6. The lowest BCUT2D eigenvalue weighted by molar-refractivity contribution is 0.190. The lowest BCUT2D eigenvalue weighted by Gasteiger charge is -2.34. The number of phenolic OH excluding ortho intramolecular Hbond substituents is 2. The lowest BCUT2D eigenvalue weighted by Crippen LogP contribution is -2.26. The second kappa shape index (κ2) is 10.3. The molecule has 2 fully saturated rings. The van der Waals surface area contributed by atoms with E-state index >= 15 is 0 Å². The van der Waals surface area contributed by atoms with E-state index in [1.807, 2.05) is 30.3 Å². The van der Waals surface area contributed by atoms with Crippen molar-refractivity contribution in [3.8, 4) is 23.0 Å². The topological polar surface area (TPSA) is 62.2 Å². The Balaban J connectivity index is 1.13. The molecule has 3 aliphatic rings. The van der Waals surface area contributed by atoms with Gasteiger partial charge in [-0.1, -0.05) is 37.1 Å². The van der Waals surface area contributed by atoms with E-state index in [9.17, 15) is 10.2 Å². The molecule has 1 saturated carbocycles. The molecule has 3 aromatic rings. The van der Waals surface area contributed by atoms with Crippen LogP contribution in [0, 0.1) is 11.8 Å². The molecular weight excluding hydrogens is 470 g/mol. The highest BCUT2D eigenvalue weighted by Gasteiger charge is 2.35. The van der Waals surface area contributed by atoms with Crippen LogP contribution in [0.2, 0.25) is 0 Å². The van der Waals surface area contributed by atoms with Crippen molar-refractivity contribution in [1.29, 1.82) is 0 Å². The van der Waals surface area contributed by atoms with Crippen molar-refractivity contribution in [2.75, 3.05) is 26.2 Å². The monoisotopic (exact) mass is 503 g/mol. The van der Waals surface area contributed by atoms with Crippen molar-refractivity contribution >= 4 is 11.8 Å². The number of likely N-dealkylation sites (tertiary alicyclic amines) is 1. The van der Waals surface area contributed by atoms with Gasteiger partial charge in [0, 0.05) is 19.6 Å². The van der Waals surface area contributed by atoms with Gasteiger partial charge < -0.3 is 19.7 Å². The number of ether oxygens (including phenoxy) is 2. The molecule has 0 spiro atoms.